The number of para-hydroxylation sites is 2. The summed E-state index contributed by atoms with van der Waals surface area (Å²) >= 11 is 0. The molecule has 2 N–H and O–H groups in total. The van der Waals surface area contributed by atoms with Gasteiger partial charge in [-0.1, -0.05) is 54.6 Å². The van der Waals surface area contributed by atoms with E-state index < -0.39 is 6.10 Å². The normalized spacial score (nSPS) is 11.9. The van der Waals surface area contributed by atoms with E-state index in [9.17, 15) is 9.90 Å². The molecule has 0 aliphatic heterocycles. The number of aryl methyl sites for hydroxylation is 1. The van der Waals surface area contributed by atoms with Crippen LogP contribution in [0.3, 0.4) is 0 Å². The molecule has 170 valence electrons. The molecule has 4 aromatic rings. The molecule has 0 saturated heterocycles. The molecule has 0 spiro atoms. The lowest BCUT2D eigenvalue weighted by Gasteiger charge is -2.16. The first-order valence-electron chi connectivity index (χ1n) is 11.2. The van der Waals surface area contributed by atoms with Gasteiger partial charge in [0.05, 0.1) is 17.6 Å². The molecule has 0 aliphatic rings. The van der Waals surface area contributed by atoms with Crippen LogP contribution in [0.25, 0.3) is 11.0 Å². The Hall–Kier alpha value is -3.64. The second-order valence-corrected chi connectivity index (χ2v) is 8.18. The highest BCUT2D eigenvalue weighted by Gasteiger charge is 2.15. The molecular weight excluding hydrogens is 414 g/mol. The van der Waals surface area contributed by atoms with Crippen molar-refractivity contribution in [3.05, 3.63) is 90.0 Å². The molecule has 6 nitrogen and oxygen atoms in total. The van der Waals surface area contributed by atoms with Gasteiger partial charge in [-0.2, -0.15) is 0 Å². The largest absolute Gasteiger partial charge is 0.491 e. The molecule has 0 radical (unpaired) electrons. The first-order valence-corrected chi connectivity index (χ1v) is 11.2. The molecule has 0 bridgehead atoms. The Labute approximate surface area is 193 Å². The fourth-order valence-corrected chi connectivity index (χ4v) is 3.70. The standard InChI is InChI=1S/C27H29N3O3/c1-20(31)11-12-21-13-15-24(16-14-21)33-19-23(32)18-30-26-10-6-5-9-25(26)29-27(30)28-17-22-7-3-2-4-8-22/h2-10,13-16,23,32H,11-12,17-19H2,1H3,(H,28,29). The Morgan fingerprint density at radius 2 is 1.73 bits per heavy atom. The third kappa shape index (κ3) is 6.20. The van der Waals surface area contributed by atoms with E-state index in [1.807, 2.05) is 71.3 Å². The molecule has 6 heteroatoms. The van der Waals surface area contributed by atoms with Crippen molar-refractivity contribution in [1.82, 2.24) is 9.55 Å². The van der Waals surface area contributed by atoms with E-state index in [1.165, 1.54) is 0 Å². The van der Waals surface area contributed by atoms with Crippen molar-refractivity contribution in [2.75, 3.05) is 11.9 Å². The lowest BCUT2D eigenvalue weighted by atomic mass is 10.1. The number of carbonyl (C=O) groups excluding carboxylic acids is 1. The summed E-state index contributed by atoms with van der Waals surface area (Å²) < 4.78 is 7.80. The van der Waals surface area contributed by atoms with Crippen molar-refractivity contribution in [1.29, 1.82) is 0 Å². The van der Waals surface area contributed by atoms with Crippen molar-refractivity contribution < 1.29 is 14.6 Å². The number of Topliss-reactive ketones (excluding diaryl/α,β-unsaturated/α-hetero) is 1. The molecule has 1 unspecified atom stereocenters. The maximum absolute atomic E-state index is 11.1. The van der Waals surface area contributed by atoms with E-state index in [1.54, 1.807) is 6.92 Å². The summed E-state index contributed by atoms with van der Waals surface area (Å²) in [6, 6.07) is 25.7. The summed E-state index contributed by atoms with van der Waals surface area (Å²) in [6.07, 6.45) is 0.556. The zero-order valence-corrected chi connectivity index (χ0v) is 18.8. The van der Waals surface area contributed by atoms with Crippen LogP contribution < -0.4 is 10.1 Å². The minimum Gasteiger partial charge on any atom is -0.491 e. The van der Waals surface area contributed by atoms with Crippen molar-refractivity contribution >= 4 is 22.8 Å². The van der Waals surface area contributed by atoms with Crippen LogP contribution in [0.1, 0.15) is 24.5 Å². The Bertz CT molecular complexity index is 1190. The molecule has 0 aliphatic carbocycles. The summed E-state index contributed by atoms with van der Waals surface area (Å²) in [5, 5.41) is 14.1. The van der Waals surface area contributed by atoms with Gasteiger partial charge in [-0.05, 0) is 48.7 Å². The van der Waals surface area contributed by atoms with E-state index in [4.69, 9.17) is 9.72 Å². The average Bonchev–Trinajstić information content (AvgIpc) is 3.18. The number of aliphatic hydroxyl groups is 1. The number of imidazole rings is 1. The minimum absolute atomic E-state index is 0.164. The highest BCUT2D eigenvalue weighted by Crippen LogP contribution is 2.21. The lowest BCUT2D eigenvalue weighted by Crippen LogP contribution is -2.24. The first kappa shape index (κ1) is 22.6. The Kier molecular flexibility index (Phi) is 7.37. The number of nitrogens with zero attached hydrogens (tertiary/aromatic N) is 2. The van der Waals surface area contributed by atoms with E-state index in [-0.39, 0.29) is 12.4 Å². The number of aromatic nitrogens is 2. The van der Waals surface area contributed by atoms with Crippen LogP contribution in [-0.4, -0.2) is 33.2 Å². The van der Waals surface area contributed by atoms with E-state index >= 15 is 0 Å². The lowest BCUT2D eigenvalue weighted by molar-refractivity contribution is -0.116. The van der Waals surface area contributed by atoms with Gasteiger partial charge in [-0.3, -0.25) is 0 Å². The van der Waals surface area contributed by atoms with Gasteiger partial charge in [0, 0.05) is 13.0 Å². The van der Waals surface area contributed by atoms with Crippen molar-refractivity contribution in [3.8, 4) is 5.75 Å². The highest BCUT2D eigenvalue weighted by molar-refractivity contribution is 5.78. The Balaban J connectivity index is 1.39. The molecule has 1 heterocycles. The predicted molar refractivity (Wildman–Crippen MR) is 130 cm³/mol. The van der Waals surface area contributed by atoms with Gasteiger partial charge in [0.25, 0.3) is 0 Å². The van der Waals surface area contributed by atoms with E-state index in [0.29, 0.717) is 31.2 Å². The van der Waals surface area contributed by atoms with Gasteiger partial charge in [0.15, 0.2) is 0 Å². The summed E-state index contributed by atoms with van der Waals surface area (Å²) in [6.45, 7) is 2.77. The third-order valence-electron chi connectivity index (χ3n) is 5.47. The van der Waals surface area contributed by atoms with Crippen LogP contribution in [0.5, 0.6) is 5.75 Å². The predicted octanol–water partition coefficient (Wildman–Crippen LogP) is 4.61. The Morgan fingerprint density at radius 1 is 1.00 bits per heavy atom. The number of ether oxygens (including phenoxy) is 1. The zero-order valence-electron chi connectivity index (χ0n) is 18.8. The summed E-state index contributed by atoms with van der Waals surface area (Å²) in [7, 11) is 0. The molecule has 0 saturated carbocycles. The van der Waals surface area contributed by atoms with E-state index in [2.05, 4.69) is 17.4 Å². The number of ketones is 1. The van der Waals surface area contributed by atoms with Crippen LogP contribution in [0.15, 0.2) is 78.9 Å². The molecule has 1 atom stereocenters. The second kappa shape index (κ2) is 10.8. The van der Waals surface area contributed by atoms with Gasteiger partial charge in [-0.15, -0.1) is 0 Å². The maximum atomic E-state index is 11.1. The fraction of sp³-hybridized carbons (Fsp3) is 0.259. The van der Waals surface area contributed by atoms with Gasteiger partial charge >= 0.3 is 0 Å². The zero-order chi connectivity index (χ0) is 23.0. The van der Waals surface area contributed by atoms with Crippen LogP contribution in [0.2, 0.25) is 0 Å². The molecule has 1 aromatic heterocycles. The van der Waals surface area contributed by atoms with Gasteiger partial charge in [0.2, 0.25) is 5.95 Å². The fourth-order valence-electron chi connectivity index (χ4n) is 3.70. The van der Waals surface area contributed by atoms with Gasteiger partial charge in [0.1, 0.15) is 24.2 Å². The van der Waals surface area contributed by atoms with Crippen molar-refractivity contribution in [2.24, 2.45) is 0 Å². The van der Waals surface area contributed by atoms with Crippen LogP contribution >= 0.6 is 0 Å². The number of carbonyl (C=O) groups is 1. The third-order valence-corrected chi connectivity index (χ3v) is 5.47. The molecule has 0 fully saturated rings. The Morgan fingerprint density at radius 3 is 2.48 bits per heavy atom. The summed E-state index contributed by atoms with van der Waals surface area (Å²) in [5.74, 6) is 1.59. The molecule has 0 amide bonds. The molecule has 4 rings (SSSR count). The number of benzene rings is 3. The molecular formula is C27H29N3O3. The van der Waals surface area contributed by atoms with Gasteiger partial charge in [-0.25, -0.2) is 4.98 Å². The van der Waals surface area contributed by atoms with E-state index in [0.717, 1.165) is 28.6 Å². The SMILES string of the molecule is CC(=O)CCc1ccc(OCC(O)Cn2c(NCc3ccccc3)nc3ccccc32)cc1. The molecule has 3 aromatic carbocycles. The topological polar surface area (TPSA) is 76.4 Å². The maximum Gasteiger partial charge on any atom is 0.204 e. The van der Waals surface area contributed by atoms with Crippen LogP contribution in [0, 0.1) is 0 Å². The van der Waals surface area contributed by atoms with Crippen molar-refractivity contribution in [2.45, 2.75) is 39.0 Å². The van der Waals surface area contributed by atoms with Crippen LogP contribution in [-0.2, 0) is 24.3 Å². The quantitative estimate of drug-likeness (QED) is 0.354. The number of fused-ring (bicyclic) bond motifs is 1. The summed E-state index contributed by atoms with van der Waals surface area (Å²) in [5.41, 5.74) is 4.09. The van der Waals surface area contributed by atoms with Gasteiger partial charge < -0.3 is 24.5 Å². The number of anilines is 1. The first-order chi connectivity index (χ1) is 16.1. The minimum atomic E-state index is -0.711. The summed E-state index contributed by atoms with van der Waals surface area (Å²) in [4.78, 5) is 15.9. The molecule has 33 heavy (non-hydrogen) atoms. The van der Waals surface area contributed by atoms with Crippen molar-refractivity contribution in [3.63, 3.8) is 0 Å². The average molecular weight is 444 g/mol. The second-order valence-electron chi connectivity index (χ2n) is 8.18. The number of hydrogen-bond acceptors (Lipinski definition) is 5. The van der Waals surface area contributed by atoms with Crippen LogP contribution in [0.4, 0.5) is 5.95 Å². The highest BCUT2D eigenvalue weighted by atomic mass is 16.5. The smallest absolute Gasteiger partial charge is 0.204 e. The number of aliphatic hydroxyl groups excluding tert-OH is 1. The number of nitrogens with one attached hydrogen (secondary N) is 1. The number of hydrogen-bond donors (Lipinski definition) is 2. The monoisotopic (exact) mass is 443 g/mol. The number of rotatable bonds is 11.